The lowest BCUT2D eigenvalue weighted by Gasteiger charge is -2.00. The Morgan fingerprint density at radius 1 is 1.57 bits per heavy atom. The Bertz CT molecular complexity index is 293. The number of rotatable bonds is 6. The quantitative estimate of drug-likeness (QED) is 0.540. The van der Waals surface area contributed by atoms with Gasteiger partial charge >= 0.3 is 0 Å². The van der Waals surface area contributed by atoms with Gasteiger partial charge in [-0.1, -0.05) is 19.8 Å². The number of hydrogen-bond acceptors (Lipinski definition) is 3. The smallest absolute Gasteiger partial charge is 0.200 e. The van der Waals surface area contributed by atoms with Crippen molar-refractivity contribution in [2.75, 3.05) is 11.9 Å². The van der Waals surface area contributed by atoms with Crippen LogP contribution in [0.25, 0.3) is 0 Å². The number of carbonyl (C=O) groups is 1. The van der Waals surface area contributed by atoms with E-state index >= 15 is 0 Å². The van der Waals surface area contributed by atoms with Crippen LogP contribution in [0.3, 0.4) is 0 Å². The summed E-state index contributed by atoms with van der Waals surface area (Å²) in [6, 6.07) is 0. The average molecular weight is 195 g/mol. The zero-order chi connectivity index (χ0) is 10.4. The van der Waals surface area contributed by atoms with Gasteiger partial charge in [0.25, 0.3) is 0 Å². The van der Waals surface area contributed by atoms with Crippen LogP contribution >= 0.6 is 0 Å². The molecule has 0 amide bonds. The van der Waals surface area contributed by atoms with Crippen molar-refractivity contribution in [3.8, 4) is 0 Å². The van der Waals surface area contributed by atoms with Crippen molar-refractivity contribution < 1.29 is 4.79 Å². The minimum absolute atomic E-state index is 0.0131. The molecule has 0 saturated heterocycles. The maximum Gasteiger partial charge on any atom is 0.200 e. The zero-order valence-electron chi connectivity index (χ0n) is 8.76. The lowest BCUT2D eigenvalue weighted by Crippen LogP contribution is -2.03. The largest absolute Gasteiger partial charge is 0.356 e. The van der Waals surface area contributed by atoms with Gasteiger partial charge in [-0.3, -0.25) is 4.79 Å². The number of aromatic nitrogens is 2. The van der Waals surface area contributed by atoms with Crippen molar-refractivity contribution in [1.29, 1.82) is 0 Å². The van der Waals surface area contributed by atoms with Crippen molar-refractivity contribution in [3.05, 3.63) is 11.9 Å². The van der Waals surface area contributed by atoms with Crippen molar-refractivity contribution in [1.82, 2.24) is 9.97 Å². The molecule has 4 heteroatoms. The lowest BCUT2D eigenvalue weighted by atomic mass is 10.2. The molecule has 0 atom stereocenters. The molecule has 14 heavy (non-hydrogen) atoms. The minimum Gasteiger partial charge on any atom is -0.356 e. The van der Waals surface area contributed by atoms with Crippen LogP contribution in [-0.4, -0.2) is 22.3 Å². The first-order valence-electron chi connectivity index (χ1n) is 5.04. The molecule has 0 radical (unpaired) electrons. The molecule has 78 valence electrons. The average Bonchev–Trinajstić information content (AvgIpc) is 2.61. The van der Waals surface area contributed by atoms with Gasteiger partial charge in [-0.15, -0.1) is 0 Å². The molecule has 0 aromatic carbocycles. The number of imidazole rings is 1. The Balaban J connectivity index is 2.33. The van der Waals surface area contributed by atoms with Crippen LogP contribution < -0.4 is 5.32 Å². The topological polar surface area (TPSA) is 57.8 Å². The molecule has 0 saturated carbocycles. The van der Waals surface area contributed by atoms with E-state index in [-0.39, 0.29) is 5.78 Å². The molecule has 0 fully saturated rings. The highest BCUT2D eigenvalue weighted by atomic mass is 16.1. The van der Waals surface area contributed by atoms with E-state index in [9.17, 15) is 4.79 Å². The third-order valence-corrected chi connectivity index (χ3v) is 2.03. The van der Waals surface area contributed by atoms with Crippen molar-refractivity contribution in [3.63, 3.8) is 0 Å². The van der Waals surface area contributed by atoms with Crippen LogP contribution in [0.5, 0.6) is 0 Å². The fraction of sp³-hybridized carbons (Fsp3) is 0.600. The molecule has 0 aliphatic heterocycles. The summed E-state index contributed by atoms with van der Waals surface area (Å²) >= 11 is 0. The predicted octanol–water partition coefficient (Wildman–Crippen LogP) is 2.21. The number of ketones is 1. The van der Waals surface area contributed by atoms with Gasteiger partial charge in [0, 0.05) is 13.5 Å². The van der Waals surface area contributed by atoms with Crippen LogP contribution in [0, 0.1) is 0 Å². The summed E-state index contributed by atoms with van der Waals surface area (Å²) in [5.74, 6) is 0.699. The van der Waals surface area contributed by atoms with Crippen LogP contribution in [0.15, 0.2) is 6.20 Å². The summed E-state index contributed by atoms with van der Waals surface area (Å²) in [5, 5.41) is 3.14. The fourth-order valence-corrected chi connectivity index (χ4v) is 1.17. The summed E-state index contributed by atoms with van der Waals surface area (Å²) in [5.41, 5.74) is 0.558. The normalized spacial score (nSPS) is 10.1. The van der Waals surface area contributed by atoms with Crippen molar-refractivity contribution in [2.24, 2.45) is 0 Å². The first-order chi connectivity index (χ1) is 6.74. The summed E-state index contributed by atoms with van der Waals surface area (Å²) in [4.78, 5) is 17.9. The number of nitrogens with zero attached hydrogens (tertiary/aromatic N) is 1. The number of aromatic amines is 1. The molecule has 0 unspecified atom stereocenters. The first-order valence-corrected chi connectivity index (χ1v) is 5.04. The van der Waals surface area contributed by atoms with E-state index in [0.29, 0.717) is 11.6 Å². The third kappa shape index (κ3) is 3.20. The highest BCUT2D eigenvalue weighted by molar-refractivity contribution is 5.92. The molecule has 1 aromatic heterocycles. The van der Waals surface area contributed by atoms with E-state index in [1.165, 1.54) is 19.8 Å². The van der Waals surface area contributed by atoms with Gasteiger partial charge in [0.1, 0.15) is 5.69 Å². The molecule has 0 spiro atoms. The third-order valence-electron chi connectivity index (χ3n) is 2.03. The van der Waals surface area contributed by atoms with Gasteiger partial charge in [-0.05, 0) is 6.42 Å². The number of hydrogen-bond donors (Lipinski definition) is 2. The van der Waals surface area contributed by atoms with Crippen LogP contribution in [0.1, 0.15) is 43.6 Å². The van der Waals surface area contributed by atoms with Gasteiger partial charge in [-0.2, -0.15) is 0 Å². The predicted molar refractivity (Wildman–Crippen MR) is 56.6 cm³/mol. The number of carbonyl (C=O) groups excluding carboxylic acids is 1. The van der Waals surface area contributed by atoms with Crippen molar-refractivity contribution >= 4 is 11.7 Å². The van der Waals surface area contributed by atoms with Gasteiger partial charge < -0.3 is 10.3 Å². The zero-order valence-corrected chi connectivity index (χ0v) is 8.76. The van der Waals surface area contributed by atoms with Crippen LogP contribution in [0.2, 0.25) is 0 Å². The lowest BCUT2D eigenvalue weighted by molar-refractivity contribution is 0.101. The van der Waals surface area contributed by atoms with Crippen LogP contribution in [-0.2, 0) is 0 Å². The molecular formula is C10H17N3O. The standard InChI is InChI=1S/C10H17N3O/c1-3-4-5-6-11-10-12-7-9(13-10)8(2)14/h7H,3-6H2,1-2H3,(H2,11,12,13). The minimum atomic E-state index is 0.0131. The molecule has 2 N–H and O–H groups in total. The Morgan fingerprint density at radius 2 is 2.36 bits per heavy atom. The maximum absolute atomic E-state index is 10.9. The molecule has 1 heterocycles. The number of Topliss-reactive ketones (excluding diaryl/α,β-unsaturated/α-hetero) is 1. The molecule has 4 nitrogen and oxygen atoms in total. The SMILES string of the molecule is CCCCCNc1ncc(C(C)=O)[nH]1. The van der Waals surface area contributed by atoms with Crippen LogP contribution in [0.4, 0.5) is 5.95 Å². The second-order valence-corrected chi connectivity index (χ2v) is 3.34. The number of H-pyrrole nitrogens is 1. The van der Waals surface area contributed by atoms with E-state index in [0.717, 1.165) is 13.0 Å². The second-order valence-electron chi connectivity index (χ2n) is 3.34. The molecule has 0 bridgehead atoms. The molecule has 0 aliphatic rings. The number of nitrogens with one attached hydrogen (secondary N) is 2. The monoisotopic (exact) mass is 195 g/mol. The summed E-state index contributed by atoms with van der Waals surface area (Å²) < 4.78 is 0. The first kappa shape index (κ1) is 10.8. The van der Waals surface area contributed by atoms with E-state index < -0.39 is 0 Å². The van der Waals surface area contributed by atoms with Gasteiger partial charge in [0.05, 0.1) is 6.20 Å². The van der Waals surface area contributed by atoms with E-state index in [2.05, 4.69) is 22.2 Å². The Morgan fingerprint density at radius 3 is 2.93 bits per heavy atom. The van der Waals surface area contributed by atoms with E-state index in [1.807, 2.05) is 0 Å². The fourth-order valence-electron chi connectivity index (χ4n) is 1.17. The summed E-state index contributed by atoms with van der Waals surface area (Å²) in [7, 11) is 0. The van der Waals surface area contributed by atoms with E-state index in [1.54, 1.807) is 6.20 Å². The molecular weight excluding hydrogens is 178 g/mol. The Hall–Kier alpha value is -1.32. The highest BCUT2D eigenvalue weighted by Gasteiger charge is 2.02. The molecule has 0 aliphatic carbocycles. The summed E-state index contributed by atoms with van der Waals surface area (Å²) in [6.45, 7) is 4.59. The van der Waals surface area contributed by atoms with E-state index in [4.69, 9.17) is 0 Å². The van der Waals surface area contributed by atoms with Gasteiger partial charge in [0.15, 0.2) is 5.78 Å². The molecule has 1 aromatic rings. The van der Waals surface area contributed by atoms with Crippen molar-refractivity contribution in [2.45, 2.75) is 33.1 Å². The number of unbranched alkanes of at least 4 members (excludes halogenated alkanes) is 2. The number of anilines is 1. The van der Waals surface area contributed by atoms with Gasteiger partial charge in [0.2, 0.25) is 5.95 Å². The summed E-state index contributed by atoms with van der Waals surface area (Å²) in [6.07, 6.45) is 5.11. The molecule has 1 rings (SSSR count). The Labute approximate surface area is 84.1 Å². The van der Waals surface area contributed by atoms with Gasteiger partial charge in [-0.25, -0.2) is 4.98 Å². The highest BCUT2D eigenvalue weighted by Crippen LogP contribution is 2.03. The second kappa shape index (κ2) is 5.42. The maximum atomic E-state index is 10.9. The Kier molecular flexibility index (Phi) is 4.16.